The minimum Gasteiger partial charge on any atom is -0.339 e. The summed E-state index contributed by atoms with van der Waals surface area (Å²) in [6.07, 6.45) is 3.36. The Labute approximate surface area is 186 Å². The van der Waals surface area contributed by atoms with E-state index in [0.717, 1.165) is 38.0 Å². The summed E-state index contributed by atoms with van der Waals surface area (Å²) in [5.74, 6) is 0.712. The van der Waals surface area contributed by atoms with Crippen LogP contribution in [0.25, 0.3) is 0 Å². The second-order valence-electron chi connectivity index (χ2n) is 8.39. The molecule has 1 unspecified atom stereocenters. The average Bonchev–Trinajstić information content (AvgIpc) is 2.81. The van der Waals surface area contributed by atoms with E-state index < -0.39 is 0 Å². The number of anilines is 1. The summed E-state index contributed by atoms with van der Waals surface area (Å²) in [4.78, 5) is 29.3. The predicted octanol–water partition coefficient (Wildman–Crippen LogP) is 4.45. The van der Waals surface area contributed by atoms with E-state index in [1.807, 2.05) is 32.9 Å². The Morgan fingerprint density at radius 1 is 1.00 bits per heavy atom. The lowest BCUT2D eigenvalue weighted by Gasteiger charge is -2.35. The molecule has 1 N–H and O–H groups in total. The van der Waals surface area contributed by atoms with Gasteiger partial charge in [0.15, 0.2) is 0 Å². The highest BCUT2D eigenvalue weighted by Crippen LogP contribution is 2.23. The Morgan fingerprint density at radius 3 is 2.19 bits per heavy atom. The summed E-state index contributed by atoms with van der Waals surface area (Å²) in [6.45, 7) is 9.20. The van der Waals surface area contributed by atoms with Crippen LogP contribution in [0.15, 0.2) is 54.6 Å². The zero-order valence-corrected chi connectivity index (χ0v) is 19.0. The average molecular weight is 422 g/mol. The number of carbonyl (C=O) groups is 2. The fourth-order valence-electron chi connectivity index (χ4n) is 4.29. The standard InChI is InChI=1S/C26H35N3O2/c1-4-28(5-2)26(31)23-11-13-24(14-12-23)27-25(30)20(3)29-17-15-22(16-18-29)19-21-9-7-6-8-10-21/h6-14,20,22H,4-5,15-19H2,1-3H3,(H,27,30). The number of nitrogens with zero attached hydrogens (tertiary/aromatic N) is 2. The molecule has 0 spiro atoms. The molecule has 1 aliphatic rings. The Balaban J connectivity index is 1.49. The van der Waals surface area contributed by atoms with Crippen LogP contribution in [0.2, 0.25) is 0 Å². The van der Waals surface area contributed by atoms with Crippen LogP contribution in [0.1, 0.15) is 49.5 Å². The maximum absolute atomic E-state index is 12.8. The molecular weight excluding hydrogens is 386 g/mol. The Hall–Kier alpha value is -2.66. The van der Waals surface area contributed by atoms with E-state index in [9.17, 15) is 9.59 Å². The van der Waals surface area contributed by atoms with Gasteiger partial charge in [0, 0.05) is 24.3 Å². The molecule has 1 fully saturated rings. The molecule has 0 saturated carbocycles. The second-order valence-corrected chi connectivity index (χ2v) is 8.39. The van der Waals surface area contributed by atoms with E-state index in [-0.39, 0.29) is 17.9 Å². The van der Waals surface area contributed by atoms with Crippen molar-refractivity contribution in [1.29, 1.82) is 0 Å². The lowest BCUT2D eigenvalue weighted by atomic mass is 9.89. The molecule has 1 saturated heterocycles. The molecule has 5 heteroatoms. The lowest BCUT2D eigenvalue weighted by Crippen LogP contribution is -2.46. The molecule has 0 aliphatic carbocycles. The smallest absolute Gasteiger partial charge is 0.253 e. The molecule has 1 atom stereocenters. The monoisotopic (exact) mass is 421 g/mol. The molecule has 2 aromatic carbocycles. The molecule has 0 bridgehead atoms. The SMILES string of the molecule is CCN(CC)C(=O)c1ccc(NC(=O)C(C)N2CCC(Cc3ccccc3)CC2)cc1. The minimum absolute atomic E-state index is 0.00401. The topological polar surface area (TPSA) is 52.7 Å². The zero-order chi connectivity index (χ0) is 22.2. The quantitative estimate of drug-likeness (QED) is 0.685. The molecule has 2 aromatic rings. The summed E-state index contributed by atoms with van der Waals surface area (Å²) in [7, 11) is 0. The number of nitrogens with one attached hydrogen (secondary N) is 1. The van der Waals surface area contributed by atoms with Gasteiger partial charge >= 0.3 is 0 Å². The first-order valence-electron chi connectivity index (χ1n) is 11.5. The van der Waals surface area contributed by atoms with Crippen molar-refractivity contribution < 1.29 is 9.59 Å². The van der Waals surface area contributed by atoms with Crippen LogP contribution >= 0.6 is 0 Å². The molecule has 5 nitrogen and oxygen atoms in total. The fraction of sp³-hybridized carbons (Fsp3) is 0.462. The third-order valence-corrected chi connectivity index (χ3v) is 6.39. The van der Waals surface area contributed by atoms with E-state index in [2.05, 4.69) is 40.5 Å². The van der Waals surface area contributed by atoms with E-state index in [0.29, 0.717) is 24.6 Å². The molecule has 31 heavy (non-hydrogen) atoms. The summed E-state index contributed by atoms with van der Waals surface area (Å²) in [6, 6.07) is 17.7. The maximum atomic E-state index is 12.8. The summed E-state index contributed by atoms with van der Waals surface area (Å²) >= 11 is 0. The van der Waals surface area contributed by atoms with Crippen LogP contribution in [0, 0.1) is 5.92 Å². The number of benzene rings is 2. The van der Waals surface area contributed by atoms with Gasteiger partial charge in [-0.25, -0.2) is 0 Å². The van der Waals surface area contributed by atoms with Gasteiger partial charge < -0.3 is 10.2 Å². The minimum atomic E-state index is -0.172. The van der Waals surface area contributed by atoms with Crippen molar-refractivity contribution in [2.24, 2.45) is 5.92 Å². The Bertz CT molecular complexity index is 839. The highest BCUT2D eigenvalue weighted by Gasteiger charge is 2.26. The third-order valence-electron chi connectivity index (χ3n) is 6.39. The first-order chi connectivity index (χ1) is 15.0. The van der Waals surface area contributed by atoms with Gasteiger partial charge in [-0.15, -0.1) is 0 Å². The fourth-order valence-corrected chi connectivity index (χ4v) is 4.29. The number of carbonyl (C=O) groups excluding carboxylic acids is 2. The lowest BCUT2D eigenvalue weighted by molar-refractivity contribution is -0.121. The molecule has 166 valence electrons. The number of hydrogen-bond donors (Lipinski definition) is 1. The van der Waals surface area contributed by atoms with Gasteiger partial charge in [-0.3, -0.25) is 14.5 Å². The summed E-state index contributed by atoms with van der Waals surface area (Å²) in [5, 5.41) is 3.01. The van der Waals surface area contributed by atoms with E-state index >= 15 is 0 Å². The molecule has 3 rings (SSSR count). The van der Waals surface area contributed by atoms with Crippen LogP contribution in [0.4, 0.5) is 5.69 Å². The zero-order valence-electron chi connectivity index (χ0n) is 19.0. The molecule has 2 amide bonds. The van der Waals surface area contributed by atoms with Crippen molar-refractivity contribution in [3.8, 4) is 0 Å². The third kappa shape index (κ3) is 6.17. The number of piperidine rings is 1. The molecule has 1 heterocycles. The van der Waals surface area contributed by atoms with Gasteiger partial charge in [-0.1, -0.05) is 30.3 Å². The predicted molar refractivity (Wildman–Crippen MR) is 126 cm³/mol. The van der Waals surface area contributed by atoms with Crippen molar-refractivity contribution in [1.82, 2.24) is 9.80 Å². The van der Waals surface area contributed by atoms with Gasteiger partial charge in [-0.05, 0) is 88.9 Å². The van der Waals surface area contributed by atoms with Crippen molar-refractivity contribution in [2.75, 3.05) is 31.5 Å². The van der Waals surface area contributed by atoms with Gasteiger partial charge in [0.1, 0.15) is 0 Å². The van der Waals surface area contributed by atoms with Gasteiger partial charge in [0.25, 0.3) is 5.91 Å². The number of hydrogen-bond acceptors (Lipinski definition) is 3. The van der Waals surface area contributed by atoms with E-state index in [1.165, 1.54) is 5.56 Å². The summed E-state index contributed by atoms with van der Waals surface area (Å²) < 4.78 is 0. The van der Waals surface area contributed by atoms with E-state index in [1.54, 1.807) is 17.0 Å². The van der Waals surface area contributed by atoms with Crippen LogP contribution in [0.5, 0.6) is 0 Å². The number of rotatable bonds is 8. The van der Waals surface area contributed by atoms with Crippen molar-refractivity contribution in [3.05, 3.63) is 65.7 Å². The number of likely N-dealkylation sites (tertiary alicyclic amines) is 1. The van der Waals surface area contributed by atoms with Crippen LogP contribution in [-0.4, -0.2) is 53.8 Å². The highest BCUT2D eigenvalue weighted by molar-refractivity contribution is 5.97. The second kappa shape index (κ2) is 11.1. The summed E-state index contributed by atoms with van der Waals surface area (Å²) in [5.41, 5.74) is 2.77. The van der Waals surface area contributed by atoms with Crippen LogP contribution < -0.4 is 5.32 Å². The highest BCUT2D eigenvalue weighted by atomic mass is 16.2. The molecule has 0 radical (unpaired) electrons. The van der Waals surface area contributed by atoms with Crippen molar-refractivity contribution >= 4 is 17.5 Å². The van der Waals surface area contributed by atoms with Crippen molar-refractivity contribution in [3.63, 3.8) is 0 Å². The largest absolute Gasteiger partial charge is 0.339 e. The van der Waals surface area contributed by atoms with Crippen LogP contribution in [0.3, 0.4) is 0 Å². The molecule has 0 aromatic heterocycles. The van der Waals surface area contributed by atoms with E-state index in [4.69, 9.17) is 0 Å². The first kappa shape index (κ1) is 23.0. The Kier molecular flexibility index (Phi) is 8.24. The van der Waals surface area contributed by atoms with Gasteiger partial charge in [0.05, 0.1) is 6.04 Å². The van der Waals surface area contributed by atoms with Crippen molar-refractivity contribution in [2.45, 2.75) is 46.1 Å². The van der Waals surface area contributed by atoms with Crippen LogP contribution in [-0.2, 0) is 11.2 Å². The maximum Gasteiger partial charge on any atom is 0.253 e. The molecule has 1 aliphatic heterocycles. The number of amides is 2. The normalized spacial score (nSPS) is 16.0. The Morgan fingerprint density at radius 2 is 1.61 bits per heavy atom. The van der Waals surface area contributed by atoms with Gasteiger partial charge in [-0.2, -0.15) is 0 Å². The molecular formula is C26H35N3O2. The first-order valence-corrected chi connectivity index (χ1v) is 11.5. The van der Waals surface area contributed by atoms with Gasteiger partial charge in [0.2, 0.25) is 5.91 Å².